The van der Waals surface area contributed by atoms with Crippen LogP contribution in [0, 0.1) is 13.8 Å². The average molecular weight is 287 g/mol. The highest BCUT2D eigenvalue weighted by atomic mass is 16.5. The Hall–Kier alpha value is -2.30. The smallest absolute Gasteiger partial charge is 0.226 e. The van der Waals surface area contributed by atoms with Gasteiger partial charge in [0.25, 0.3) is 0 Å². The summed E-state index contributed by atoms with van der Waals surface area (Å²) >= 11 is 0. The summed E-state index contributed by atoms with van der Waals surface area (Å²) < 4.78 is 7.07. The molecule has 1 aromatic heterocycles. The Morgan fingerprint density at radius 2 is 2.14 bits per heavy atom. The van der Waals surface area contributed by atoms with Crippen LogP contribution in [0.4, 0.5) is 5.69 Å². The fourth-order valence-electron chi connectivity index (χ4n) is 2.16. The van der Waals surface area contributed by atoms with Gasteiger partial charge in [0.1, 0.15) is 5.75 Å². The molecule has 112 valence electrons. The van der Waals surface area contributed by atoms with Gasteiger partial charge in [0, 0.05) is 12.6 Å². The maximum Gasteiger partial charge on any atom is 0.226 e. The highest BCUT2D eigenvalue weighted by Gasteiger charge is 2.13. The number of carbonyl (C=O) groups excluding carboxylic acids is 1. The number of rotatable bonds is 5. The van der Waals surface area contributed by atoms with Crippen molar-refractivity contribution in [3.63, 3.8) is 0 Å². The molecule has 5 nitrogen and oxygen atoms in total. The minimum atomic E-state index is -0.0560. The van der Waals surface area contributed by atoms with Crippen LogP contribution in [0.25, 0.3) is 0 Å². The topological polar surface area (TPSA) is 56.1 Å². The van der Waals surface area contributed by atoms with Crippen molar-refractivity contribution >= 4 is 11.6 Å². The molecular weight excluding hydrogens is 266 g/mol. The van der Waals surface area contributed by atoms with E-state index >= 15 is 0 Å². The van der Waals surface area contributed by atoms with Crippen LogP contribution in [0.3, 0.4) is 0 Å². The summed E-state index contributed by atoms with van der Waals surface area (Å²) in [6.07, 6.45) is 2.25. The third-order valence-corrected chi connectivity index (χ3v) is 3.30. The molecule has 1 amide bonds. The third kappa shape index (κ3) is 3.84. The molecule has 5 heteroatoms. The molecule has 0 saturated heterocycles. The Balaban J connectivity index is 2.03. The minimum Gasteiger partial charge on any atom is -0.495 e. The minimum absolute atomic E-state index is 0.00880. The van der Waals surface area contributed by atoms with E-state index in [4.69, 9.17) is 4.74 Å². The van der Waals surface area contributed by atoms with Crippen LogP contribution in [-0.2, 0) is 4.79 Å². The number of hydrogen-bond donors (Lipinski definition) is 1. The average Bonchev–Trinajstić information content (AvgIpc) is 2.85. The van der Waals surface area contributed by atoms with Gasteiger partial charge in [0.15, 0.2) is 0 Å². The van der Waals surface area contributed by atoms with Gasteiger partial charge in [0.2, 0.25) is 5.91 Å². The van der Waals surface area contributed by atoms with Crippen molar-refractivity contribution in [1.29, 1.82) is 0 Å². The van der Waals surface area contributed by atoms with Gasteiger partial charge in [-0.15, -0.1) is 0 Å². The number of ether oxygens (including phenoxy) is 1. The summed E-state index contributed by atoms with van der Waals surface area (Å²) in [6, 6.07) is 7.64. The van der Waals surface area contributed by atoms with E-state index in [1.165, 1.54) is 0 Å². The normalized spacial score (nSPS) is 12.0. The van der Waals surface area contributed by atoms with E-state index in [1.807, 2.05) is 55.9 Å². The monoisotopic (exact) mass is 287 g/mol. The van der Waals surface area contributed by atoms with Crippen molar-refractivity contribution in [2.45, 2.75) is 33.2 Å². The van der Waals surface area contributed by atoms with Crippen molar-refractivity contribution in [3.8, 4) is 5.75 Å². The Morgan fingerprint density at radius 3 is 2.76 bits per heavy atom. The second-order valence-corrected chi connectivity index (χ2v) is 5.24. The van der Waals surface area contributed by atoms with Gasteiger partial charge in [-0.2, -0.15) is 5.10 Å². The Morgan fingerprint density at radius 1 is 1.38 bits per heavy atom. The zero-order valence-corrected chi connectivity index (χ0v) is 12.9. The van der Waals surface area contributed by atoms with Crippen LogP contribution < -0.4 is 10.1 Å². The van der Waals surface area contributed by atoms with Gasteiger partial charge in [0.05, 0.1) is 24.5 Å². The standard InChI is InChI=1S/C16H21N3O2/c1-11-5-6-15(21-4)14(9-11)17-16(20)10-13(3)19-8-7-12(2)18-19/h5-9,13H,10H2,1-4H3,(H,17,20)/t13-/m0/s1. The van der Waals surface area contributed by atoms with Crippen LogP contribution in [0.2, 0.25) is 0 Å². The summed E-state index contributed by atoms with van der Waals surface area (Å²) in [7, 11) is 1.59. The van der Waals surface area contributed by atoms with Gasteiger partial charge in [-0.3, -0.25) is 9.48 Å². The van der Waals surface area contributed by atoms with Gasteiger partial charge in [-0.1, -0.05) is 6.07 Å². The Kier molecular flexibility index (Phi) is 4.62. The van der Waals surface area contributed by atoms with Gasteiger partial charge >= 0.3 is 0 Å². The van der Waals surface area contributed by atoms with E-state index in [0.717, 1.165) is 11.3 Å². The second kappa shape index (κ2) is 6.43. The number of aryl methyl sites for hydroxylation is 2. The van der Waals surface area contributed by atoms with Gasteiger partial charge in [-0.25, -0.2) is 0 Å². The van der Waals surface area contributed by atoms with E-state index < -0.39 is 0 Å². The van der Waals surface area contributed by atoms with Crippen LogP contribution in [-0.4, -0.2) is 22.8 Å². The van der Waals surface area contributed by atoms with E-state index in [2.05, 4.69) is 10.4 Å². The molecule has 0 spiro atoms. The molecule has 1 aromatic carbocycles. The number of methoxy groups -OCH3 is 1. The van der Waals surface area contributed by atoms with Gasteiger partial charge in [-0.05, 0) is 44.5 Å². The number of hydrogen-bond acceptors (Lipinski definition) is 3. The predicted molar refractivity (Wildman–Crippen MR) is 82.7 cm³/mol. The van der Waals surface area contributed by atoms with Gasteiger partial charge < -0.3 is 10.1 Å². The third-order valence-electron chi connectivity index (χ3n) is 3.30. The first-order valence-corrected chi connectivity index (χ1v) is 6.96. The quantitative estimate of drug-likeness (QED) is 0.919. The molecule has 1 heterocycles. The number of anilines is 1. The first-order chi connectivity index (χ1) is 9.99. The lowest BCUT2D eigenvalue weighted by Crippen LogP contribution is -2.18. The largest absolute Gasteiger partial charge is 0.495 e. The number of benzene rings is 1. The summed E-state index contributed by atoms with van der Waals surface area (Å²) in [4.78, 5) is 12.2. The summed E-state index contributed by atoms with van der Waals surface area (Å²) in [5, 5.41) is 7.24. The molecule has 0 aliphatic heterocycles. The second-order valence-electron chi connectivity index (χ2n) is 5.24. The molecule has 0 fully saturated rings. The molecule has 0 saturated carbocycles. The number of nitrogens with zero attached hydrogens (tertiary/aromatic N) is 2. The lowest BCUT2D eigenvalue weighted by atomic mass is 10.2. The van der Waals surface area contributed by atoms with E-state index in [-0.39, 0.29) is 11.9 Å². The molecule has 0 radical (unpaired) electrons. The van der Waals surface area contributed by atoms with Crippen LogP contribution in [0.5, 0.6) is 5.75 Å². The van der Waals surface area contributed by atoms with Crippen molar-refractivity contribution in [3.05, 3.63) is 41.7 Å². The molecule has 0 aliphatic carbocycles. The lowest BCUT2D eigenvalue weighted by Gasteiger charge is -2.14. The first-order valence-electron chi connectivity index (χ1n) is 6.96. The fraction of sp³-hybridized carbons (Fsp3) is 0.375. The maximum atomic E-state index is 12.2. The maximum absolute atomic E-state index is 12.2. The summed E-state index contributed by atoms with van der Waals surface area (Å²) in [5.74, 6) is 0.607. The predicted octanol–water partition coefficient (Wildman–Crippen LogP) is 3.10. The van der Waals surface area contributed by atoms with Crippen LogP contribution >= 0.6 is 0 Å². The van der Waals surface area contributed by atoms with E-state index in [9.17, 15) is 4.79 Å². The lowest BCUT2D eigenvalue weighted by molar-refractivity contribution is -0.116. The molecule has 21 heavy (non-hydrogen) atoms. The summed E-state index contributed by atoms with van der Waals surface area (Å²) in [5.41, 5.74) is 2.72. The number of aromatic nitrogens is 2. The van der Waals surface area contributed by atoms with Crippen molar-refractivity contribution in [2.75, 3.05) is 12.4 Å². The molecule has 1 N–H and O–H groups in total. The molecule has 2 rings (SSSR count). The molecule has 0 bridgehead atoms. The van der Waals surface area contributed by atoms with Crippen molar-refractivity contribution < 1.29 is 9.53 Å². The molecule has 1 atom stereocenters. The molecule has 0 unspecified atom stereocenters. The SMILES string of the molecule is COc1ccc(C)cc1NC(=O)C[C@H](C)n1ccc(C)n1. The zero-order chi connectivity index (χ0) is 15.4. The van der Waals surface area contributed by atoms with Crippen molar-refractivity contribution in [2.24, 2.45) is 0 Å². The highest BCUT2D eigenvalue weighted by Crippen LogP contribution is 2.25. The highest BCUT2D eigenvalue weighted by molar-refractivity contribution is 5.92. The van der Waals surface area contributed by atoms with E-state index in [0.29, 0.717) is 17.9 Å². The molecular formula is C16H21N3O2. The van der Waals surface area contributed by atoms with Crippen LogP contribution in [0.15, 0.2) is 30.5 Å². The molecule has 0 aliphatic rings. The van der Waals surface area contributed by atoms with Crippen LogP contribution in [0.1, 0.15) is 30.6 Å². The number of carbonyl (C=O) groups is 1. The number of amides is 1. The Bertz CT molecular complexity index is 634. The molecule has 2 aromatic rings. The first kappa shape index (κ1) is 15.1. The summed E-state index contributed by atoms with van der Waals surface area (Å²) in [6.45, 7) is 5.88. The number of nitrogens with one attached hydrogen (secondary N) is 1. The van der Waals surface area contributed by atoms with Crippen molar-refractivity contribution in [1.82, 2.24) is 9.78 Å². The fourth-order valence-corrected chi connectivity index (χ4v) is 2.16. The van der Waals surface area contributed by atoms with E-state index in [1.54, 1.807) is 7.11 Å². The zero-order valence-electron chi connectivity index (χ0n) is 12.9. The Labute approximate surface area is 124 Å².